The highest BCUT2D eigenvalue weighted by Crippen LogP contribution is 2.07. The summed E-state index contributed by atoms with van der Waals surface area (Å²) in [6, 6.07) is 12.8. The molecule has 0 saturated heterocycles. The molecule has 0 aliphatic carbocycles. The Morgan fingerprint density at radius 3 is 2.50 bits per heavy atom. The molecular weight excluding hydrogens is 328 g/mol. The van der Waals surface area contributed by atoms with Crippen LogP contribution in [0.25, 0.3) is 0 Å². The maximum absolute atomic E-state index is 11.9. The number of amides is 2. The number of hydrogen-bond acceptors (Lipinski definition) is 5. The number of hydrogen-bond donors (Lipinski definition) is 2. The molecule has 0 saturated carbocycles. The van der Waals surface area contributed by atoms with Crippen molar-refractivity contribution in [3.63, 3.8) is 0 Å². The Balaban J connectivity index is 1.70. The van der Waals surface area contributed by atoms with Gasteiger partial charge in [-0.2, -0.15) is 0 Å². The van der Waals surface area contributed by atoms with Crippen LogP contribution < -0.4 is 10.6 Å². The Morgan fingerprint density at radius 2 is 1.83 bits per heavy atom. The lowest BCUT2D eigenvalue weighted by atomic mass is 10.2. The number of thiophene rings is 1. The van der Waals surface area contributed by atoms with Crippen molar-refractivity contribution in [1.82, 2.24) is 10.6 Å². The number of ether oxygens (including phenoxy) is 1. The van der Waals surface area contributed by atoms with Gasteiger partial charge in [0, 0.05) is 6.54 Å². The Morgan fingerprint density at radius 1 is 1.08 bits per heavy atom. The highest BCUT2D eigenvalue weighted by molar-refractivity contribution is 7.12. The van der Waals surface area contributed by atoms with E-state index in [4.69, 9.17) is 4.74 Å². The van der Waals surface area contributed by atoms with Crippen LogP contribution in [-0.2, 0) is 20.9 Å². The third kappa shape index (κ3) is 5.51. The Labute approximate surface area is 143 Å². The van der Waals surface area contributed by atoms with E-state index in [1.807, 2.05) is 30.3 Å². The molecule has 2 N–H and O–H groups in total. The van der Waals surface area contributed by atoms with Crippen LogP contribution in [0.1, 0.15) is 22.2 Å². The molecule has 2 amide bonds. The average molecular weight is 346 g/mol. The molecule has 1 aromatic carbocycles. The first-order chi connectivity index (χ1) is 11.6. The lowest BCUT2D eigenvalue weighted by Crippen LogP contribution is -2.38. The van der Waals surface area contributed by atoms with Crippen molar-refractivity contribution in [3.05, 3.63) is 58.3 Å². The van der Waals surface area contributed by atoms with E-state index in [-0.39, 0.29) is 12.5 Å². The standard InChI is InChI=1S/C17H18N2O4S/c1-12(16(21)18-10-13-6-3-2-4-7-13)23-15(20)11-19-17(22)14-8-5-9-24-14/h2-9,12H,10-11H2,1H3,(H,18,21)(H,19,22)/t12-/m0/s1. The van der Waals surface area contributed by atoms with Crippen LogP contribution in [0.3, 0.4) is 0 Å². The number of esters is 1. The number of nitrogens with one attached hydrogen (secondary N) is 2. The van der Waals surface area contributed by atoms with Crippen LogP contribution >= 0.6 is 11.3 Å². The van der Waals surface area contributed by atoms with Gasteiger partial charge in [-0.15, -0.1) is 11.3 Å². The van der Waals surface area contributed by atoms with Crippen molar-refractivity contribution in [2.75, 3.05) is 6.54 Å². The van der Waals surface area contributed by atoms with E-state index in [0.29, 0.717) is 11.4 Å². The minimum absolute atomic E-state index is 0.285. The molecule has 126 valence electrons. The van der Waals surface area contributed by atoms with Gasteiger partial charge in [0.1, 0.15) is 6.54 Å². The SMILES string of the molecule is C[C@H](OC(=O)CNC(=O)c1cccs1)C(=O)NCc1ccccc1. The fourth-order valence-corrected chi connectivity index (χ4v) is 2.51. The molecule has 1 atom stereocenters. The second-order valence-electron chi connectivity index (χ2n) is 5.00. The van der Waals surface area contributed by atoms with Crippen molar-refractivity contribution in [1.29, 1.82) is 0 Å². The molecule has 24 heavy (non-hydrogen) atoms. The van der Waals surface area contributed by atoms with E-state index >= 15 is 0 Å². The lowest BCUT2D eigenvalue weighted by Gasteiger charge is -2.13. The number of carbonyl (C=O) groups excluding carboxylic acids is 3. The number of rotatable bonds is 7. The molecule has 0 fully saturated rings. The summed E-state index contributed by atoms with van der Waals surface area (Å²) in [5.41, 5.74) is 0.951. The van der Waals surface area contributed by atoms with Gasteiger partial charge < -0.3 is 15.4 Å². The first kappa shape index (κ1) is 17.7. The highest BCUT2D eigenvalue weighted by atomic mass is 32.1. The average Bonchev–Trinajstić information content (AvgIpc) is 3.13. The van der Waals surface area contributed by atoms with Crippen molar-refractivity contribution < 1.29 is 19.1 Å². The molecular formula is C17H18N2O4S. The van der Waals surface area contributed by atoms with Crippen LogP contribution in [-0.4, -0.2) is 30.4 Å². The fraction of sp³-hybridized carbons (Fsp3) is 0.235. The molecule has 2 rings (SSSR count). The van der Waals surface area contributed by atoms with E-state index in [2.05, 4.69) is 10.6 Å². The molecule has 7 heteroatoms. The fourth-order valence-electron chi connectivity index (χ4n) is 1.87. The van der Waals surface area contributed by atoms with Crippen LogP contribution in [0.15, 0.2) is 47.8 Å². The molecule has 1 heterocycles. The highest BCUT2D eigenvalue weighted by Gasteiger charge is 2.18. The zero-order chi connectivity index (χ0) is 17.4. The largest absolute Gasteiger partial charge is 0.451 e. The first-order valence-corrected chi connectivity index (χ1v) is 8.27. The summed E-state index contributed by atoms with van der Waals surface area (Å²) in [5.74, 6) is -1.40. The third-order valence-electron chi connectivity index (χ3n) is 3.13. The zero-order valence-electron chi connectivity index (χ0n) is 13.2. The van der Waals surface area contributed by atoms with Crippen molar-refractivity contribution in [2.45, 2.75) is 19.6 Å². The second-order valence-corrected chi connectivity index (χ2v) is 5.94. The van der Waals surface area contributed by atoms with Gasteiger partial charge in [-0.3, -0.25) is 14.4 Å². The van der Waals surface area contributed by atoms with Crippen molar-refractivity contribution in [3.8, 4) is 0 Å². The maximum atomic E-state index is 11.9. The predicted octanol–water partition coefficient (Wildman–Crippen LogP) is 1.73. The smallest absolute Gasteiger partial charge is 0.326 e. The van der Waals surface area contributed by atoms with Crippen molar-refractivity contribution in [2.24, 2.45) is 0 Å². The summed E-state index contributed by atoms with van der Waals surface area (Å²) in [4.78, 5) is 35.8. The predicted molar refractivity (Wildman–Crippen MR) is 90.5 cm³/mol. The zero-order valence-corrected chi connectivity index (χ0v) is 14.0. The Hall–Kier alpha value is -2.67. The van der Waals surface area contributed by atoms with Crippen LogP contribution in [0.5, 0.6) is 0 Å². The Kier molecular flexibility index (Phi) is 6.51. The minimum Gasteiger partial charge on any atom is -0.451 e. The lowest BCUT2D eigenvalue weighted by molar-refractivity contribution is -0.153. The van der Waals surface area contributed by atoms with Gasteiger partial charge in [-0.25, -0.2) is 0 Å². The van der Waals surface area contributed by atoms with Gasteiger partial charge in [-0.1, -0.05) is 36.4 Å². The van der Waals surface area contributed by atoms with Gasteiger partial charge in [0.05, 0.1) is 4.88 Å². The summed E-state index contributed by atoms with van der Waals surface area (Å²) < 4.78 is 5.01. The molecule has 0 bridgehead atoms. The summed E-state index contributed by atoms with van der Waals surface area (Å²) in [5, 5.41) is 6.91. The van der Waals surface area contributed by atoms with Gasteiger partial charge >= 0.3 is 5.97 Å². The van der Waals surface area contributed by atoms with Crippen LogP contribution in [0.4, 0.5) is 0 Å². The second kappa shape index (κ2) is 8.83. The molecule has 0 unspecified atom stereocenters. The van der Waals surface area contributed by atoms with Gasteiger partial charge in [0.15, 0.2) is 6.10 Å². The number of benzene rings is 1. The van der Waals surface area contributed by atoms with Crippen LogP contribution in [0.2, 0.25) is 0 Å². The van der Waals surface area contributed by atoms with Gasteiger partial charge in [0.2, 0.25) is 0 Å². The van der Waals surface area contributed by atoms with Gasteiger partial charge in [0.25, 0.3) is 11.8 Å². The monoisotopic (exact) mass is 346 g/mol. The van der Waals surface area contributed by atoms with E-state index in [1.165, 1.54) is 18.3 Å². The topological polar surface area (TPSA) is 84.5 Å². The molecule has 0 radical (unpaired) electrons. The number of carbonyl (C=O) groups is 3. The molecule has 0 aliphatic heterocycles. The molecule has 0 aliphatic rings. The van der Waals surface area contributed by atoms with E-state index in [1.54, 1.807) is 17.5 Å². The van der Waals surface area contributed by atoms with Crippen molar-refractivity contribution >= 4 is 29.1 Å². The first-order valence-electron chi connectivity index (χ1n) is 7.39. The Bertz CT molecular complexity index is 686. The van der Waals surface area contributed by atoms with E-state index in [9.17, 15) is 14.4 Å². The summed E-state index contributed by atoms with van der Waals surface area (Å²) >= 11 is 1.28. The molecule has 2 aromatic rings. The normalized spacial score (nSPS) is 11.4. The maximum Gasteiger partial charge on any atom is 0.326 e. The van der Waals surface area contributed by atoms with E-state index in [0.717, 1.165) is 5.56 Å². The molecule has 1 aromatic heterocycles. The third-order valence-corrected chi connectivity index (χ3v) is 3.99. The molecule has 6 nitrogen and oxygen atoms in total. The minimum atomic E-state index is -0.931. The summed E-state index contributed by atoms with van der Waals surface area (Å²) in [7, 11) is 0. The summed E-state index contributed by atoms with van der Waals surface area (Å²) in [6.45, 7) is 1.56. The van der Waals surface area contributed by atoms with E-state index < -0.39 is 18.0 Å². The quantitative estimate of drug-likeness (QED) is 0.748. The van der Waals surface area contributed by atoms with Crippen LogP contribution in [0, 0.1) is 0 Å². The van der Waals surface area contributed by atoms with Gasteiger partial charge in [-0.05, 0) is 23.9 Å². The summed E-state index contributed by atoms with van der Waals surface area (Å²) in [6.07, 6.45) is -0.931. The molecule has 0 spiro atoms.